The molecule has 0 aliphatic carbocycles. The highest BCUT2D eigenvalue weighted by atomic mass is 127. The summed E-state index contributed by atoms with van der Waals surface area (Å²) in [6.07, 6.45) is 0. The smallest absolute Gasteiger partial charge is 0.192 e. The Balaban J connectivity index is 0.00000242. The van der Waals surface area contributed by atoms with Crippen molar-refractivity contribution < 1.29 is 0 Å². The van der Waals surface area contributed by atoms with E-state index in [9.17, 15) is 0 Å². The highest BCUT2D eigenvalue weighted by molar-refractivity contribution is 14.0. The van der Waals surface area contributed by atoms with E-state index < -0.39 is 0 Å². The van der Waals surface area contributed by atoms with Gasteiger partial charge in [-0.3, -0.25) is 0 Å². The molecular formula is C17H24IN3S. The molecule has 0 saturated heterocycles. The summed E-state index contributed by atoms with van der Waals surface area (Å²) in [5.74, 6) is 0.863. The average Bonchev–Trinajstić information content (AvgIpc) is 2.91. The van der Waals surface area contributed by atoms with E-state index in [0.29, 0.717) is 0 Å². The Bertz CT molecular complexity index is 581. The molecule has 1 aromatic heterocycles. The van der Waals surface area contributed by atoms with E-state index in [1.165, 1.54) is 16.0 Å². The number of hydrogen-bond donors (Lipinski definition) is 2. The van der Waals surface area contributed by atoms with Crippen molar-refractivity contribution in [3.05, 3.63) is 57.8 Å². The number of thiophene rings is 1. The van der Waals surface area contributed by atoms with Gasteiger partial charge in [-0.25, -0.2) is 4.99 Å². The van der Waals surface area contributed by atoms with Crippen molar-refractivity contribution in [3.63, 3.8) is 0 Å². The summed E-state index contributed by atoms with van der Waals surface area (Å²) in [4.78, 5) is 6.01. The van der Waals surface area contributed by atoms with Crippen LogP contribution in [0.5, 0.6) is 0 Å². The van der Waals surface area contributed by atoms with E-state index in [1.54, 1.807) is 11.3 Å². The molecule has 1 heterocycles. The van der Waals surface area contributed by atoms with E-state index in [-0.39, 0.29) is 30.0 Å². The van der Waals surface area contributed by atoms with Crippen molar-refractivity contribution in [1.82, 2.24) is 10.6 Å². The Morgan fingerprint density at radius 3 is 2.55 bits per heavy atom. The zero-order chi connectivity index (χ0) is 15.1. The second-order valence-corrected chi connectivity index (χ2v) is 6.00. The summed E-state index contributed by atoms with van der Waals surface area (Å²) in [6, 6.07) is 12.8. The quantitative estimate of drug-likeness (QED) is 0.418. The molecule has 0 aliphatic heterocycles. The largest absolute Gasteiger partial charge is 0.357 e. The molecule has 3 nitrogen and oxygen atoms in total. The van der Waals surface area contributed by atoms with Crippen LogP contribution in [0.1, 0.15) is 35.9 Å². The van der Waals surface area contributed by atoms with Gasteiger partial charge in [0.15, 0.2) is 5.96 Å². The van der Waals surface area contributed by atoms with Crippen molar-refractivity contribution >= 4 is 41.3 Å². The number of halogens is 1. The van der Waals surface area contributed by atoms with Gasteiger partial charge in [0.2, 0.25) is 0 Å². The van der Waals surface area contributed by atoms with E-state index in [4.69, 9.17) is 0 Å². The third kappa shape index (κ3) is 5.61. The van der Waals surface area contributed by atoms with Crippen LogP contribution >= 0.6 is 35.3 Å². The molecule has 0 bridgehead atoms. The molecule has 0 radical (unpaired) electrons. The first-order chi connectivity index (χ1) is 10.2. The van der Waals surface area contributed by atoms with Crippen LogP contribution in [0.15, 0.2) is 46.8 Å². The molecular weight excluding hydrogens is 405 g/mol. The second kappa shape index (κ2) is 9.84. The summed E-state index contributed by atoms with van der Waals surface area (Å²) in [6.45, 7) is 7.95. The zero-order valence-electron chi connectivity index (χ0n) is 13.3. The van der Waals surface area contributed by atoms with Gasteiger partial charge in [0.1, 0.15) is 0 Å². The van der Waals surface area contributed by atoms with Crippen LogP contribution in [-0.2, 0) is 6.54 Å². The molecule has 5 heteroatoms. The first-order valence-corrected chi connectivity index (χ1v) is 8.21. The molecule has 2 N–H and O–H groups in total. The Kier molecular flexibility index (Phi) is 8.48. The lowest BCUT2D eigenvalue weighted by molar-refractivity contribution is 0.686. The zero-order valence-corrected chi connectivity index (χ0v) is 16.4. The van der Waals surface area contributed by atoms with Gasteiger partial charge >= 0.3 is 0 Å². The van der Waals surface area contributed by atoms with Crippen molar-refractivity contribution in [1.29, 1.82) is 0 Å². The van der Waals surface area contributed by atoms with E-state index in [0.717, 1.165) is 19.0 Å². The summed E-state index contributed by atoms with van der Waals surface area (Å²) in [5, 5.41) is 8.89. The van der Waals surface area contributed by atoms with Gasteiger partial charge in [-0.1, -0.05) is 30.3 Å². The summed E-state index contributed by atoms with van der Waals surface area (Å²) in [5.41, 5.74) is 2.58. The van der Waals surface area contributed by atoms with Gasteiger partial charge < -0.3 is 10.6 Å². The molecule has 1 unspecified atom stereocenters. The third-order valence-corrected chi connectivity index (χ3v) is 4.35. The van der Waals surface area contributed by atoms with Crippen LogP contribution in [0, 0.1) is 6.92 Å². The number of hydrogen-bond acceptors (Lipinski definition) is 2. The lowest BCUT2D eigenvalue weighted by Crippen LogP contribution is -2.38. The highest BCUT2D eigenvalue weighted by Gasteiger charge is 2.07. The van der Waals surface area contributed by atoms with Gasteiger partial charge in [-0.2, -0.15) is 0 Å². The molecule has 2 aromatic rings. The molecule has 1 aromatic carbocycles. The molecule has 0 spiro atoms. The van der Waals surface area contributed by atoms with E-state index in [1.807, 2.05) is 6.07 Å². The van der Waals surface area contributed by atoms with Crippen LogP contribution < -0.4 is 10.6 Å². The molecule has 2 rings (SSSR count). The summed E-state index contributed by atoms with van der Waals surface area (Å²) < 4.78 is 0. The Morgan fingerprint density at radius 2 is 1.95 bits per heavy atom. The van der Waals surface area contributed by atoms with Gasteiger partial charge in [0.25, 0.3) is 0 Å². The fraction of sp³-hybridized carbons (Fsp3) is 0.353. The maximum Gasteiger partial charge on any atom is 0.192 e. The minimum absolute atomic E-state index is 0. The maximum absolute atomic E-state index is 4.69. The van der Waals surface area contributed by atoms with Gasteiger partial charge in [0, 0.05) is 11.4 Å². The number of nitrogens with zero attached hydrogens (tertiary/aromatic N) is 1. The minimum Gasteiger partial charge on any atom is -0.357 e. The number of aliphatic imine (C=N–C) groups is 1. The Hall–Kier alpha value is -1.08. The number of nitrogens with one attached hydrogen (secondary N) is 2. The number of rotatable bonds is 5. The molecule has 120 valence electrons. The monoisotopic (exact) mass is 429 g/mol. The molecule has 0 amide bonds. The lowest BCUT2D eigenvalue weighted by Gasteiger charge is -2.18. The first kappa shape index (κ1) is 19.0. The predicted molar refractivity (Wildman–Crippen MR) is 107 cm³/mol. The maximum atomic E-state index is 4.69. The van der Waals surface area contributed by atoms with Crippen LogP contribution in [0.25, 0.3) is 0 Å². The normalized spacial score (nSPS) is 12.4. The van der Waals surface area contributed by atoms with Crippen LogP contribution in [0.2, 0.25) is 0 Å². The Labute approximate surface area is 154 Å². The lowest BCUT2D eigenvalue weighted by atomic mass is 10.1. The van der Waals surface area contributed by atoms with Crippen molar-refractivity contribution in [3.8, 4) is 0 Å². The first-order valence-electron chi connectivity index (χ1n) is 7.33. The second-order valence-electron chi connectivity index (χ2n) is 5.00. The van der Waals surface area contributed by atoms with Crippen molar-refractivity contribution in [2.45, 2.75) is 33.4 Å². The van der Waals surface area contributed by atoms with Gasteiger partial charge in [-0.05, 0) is 43.3 Å². The van der Waals surface area contributed by atoms with E-state index in [2.05, 4.69) is 72.1 Å². The number of aryl methyl sites for hydroxylation is 1. The van der Waals surface area contributed by atoms with E-state index >= 15 is 0 Å². The third-order valence-electron chi connectivity index (χ3n) is 3.35. The standard InChI is InChI=1S/C17H23N3S.HI/c1-4-18-17(19-12-16-13(2)10-11-21-16)20-14(3)15-8-6-5-7-9-15;/h5-11,14H,4,12H2,1-3H3,(H2,18,19,20);1H. The highest BCUT2D eigenvalue weighted by Crippen LogP contribution is 2.16. The molecule has 22 heavy (non-hydrogen) atoms. The summed E-state index contributed by atoms with van der Waals surface area (Å²) in [7, 11) is 0. The minimum atomic E-state index is 0. The topological polar surface area (TPSA) is 36.4 Å². The number of benzene rings is 1. The van der Waals surface area contributed by atoms with Crippen molar-refractivity contribution in [2.24, 2.45) is 4.99 Å². The SMILES string of the molecule is CCNC(=NCc1sccc1C)NC(C)c1ccccc1.I. The molecule has 0 saturated carbocycles. The molecule has 0 fully saturated rings. The van der Waals surface area contributed by atoms with Crippen molar-refractivity contribution in [2.75, 3.05) is 6.54 Å². The van der Waals surface area contributed by atoms with Gasteiger partial charge in [-0.15, -0.1) is 35.3 Å². The Morgan fingerprint density at radius 1 is 1.23 bits per heavy atom. The summed E-state index contributed by atoms with van der Waals surface area (Å²) >= 11 is 1.76. The fourth-order valence-corrected chi connectivity index (χ4v) is 2.90. The number of guanidine groups is 1. The average molecular weight is 429 g/mol. The van der Waals surface area contributed by atoms with Crippen LogP contribution in [-0.4, -0.2) is 12.5 Å². The van der Waals surface area contributed by atoms with Crippen LogP contribution in [0.4, 0.5) is 0 Å². The molecule has 1 atom stereocenters. The predicted octanol–water partition coefficient (Wildman–Crippen LogP) is 4.49. The van der Waals surface area contributed by atoms with Crippen LogP contribution in [0.3, 0.4) is 0 Å². The molecule has 0 aliphatic rings. The van der Waals surface area contributed by atoms with Gasteiger partial charge in [0.05, 0.1) is 12.6 Å². The fourth-order valence-electron chi connectivity index (χ4n) is 2.07.